The van der Waals surface area contributed by atoms with Crippen LogP contribution in [0.25, 0.3) is 99.9 Å². The summed E-state index contributed by atoms with van der Waals surface area (Å²) in [5.41, 5.74) is 15.6. The van der Waals surface area contributed by atoms with Crippen LogP contribution in [0, 0.1) is 0 Å². The van der Waals surface area contributed by atoms with Crippen LogP contribution >= 0.6 is 0 Å². The highest BCUT2D eigenvalue weighted by Gasteiger charge is 2.29. The predicted octanol–water partition coefficient (Wildman–Crippen LogP) is 14.1. The second-order valence-electron chi connectivity index (χ2n) is 14.1. The molecule has 0 aliphatic rings. The molecular weight excluding hydrogens is 669 g/mol. The summed E-state index contributed by atoms with van der Waals surface area (Å²) < 4.78 is 11.4. The van der Waals surface area contributed by atoms with Gasteiger partial charge in [-0.15, -0.1) is 0 Å². The van der Waals surface area contributed by atoms with Crippen LogP contribution in [-0.2, 0) is 0 Å². The number of nitrogens with zero attached hydrogens (tertiary/aromatic N) is 2. The monoisotopic (exact) mass is 702 g/mol. The summed E-state index contributed by atoms with van der Waals surface area (Å²) in [5.74, 6) is 0. The molecule has 0 unspecified atom stereocenters. The fourth-order valence-corrected chi connectivity index (χ4v) is 8.55. The Balaban J connectivity index is 1.29. The Morgan fingerprint density at radius 2 is 0.727 bits per heavy atom. The van der Waals surface area contributed by atoms with Crippen LogP contribution in [0.4, 0.5) is 0 Å². The third-order valence-corrected chi connectivity index (χ3v) is 10.9. The van der Waals surface area contributed by atoms with Crippen LogP contribution in [0.2, 0.25) is 0 Å². The highest BCUT2D eigenvalue weighted by molar-refractivity contribution is 6.16. The van der Waals surface area contributed by atoms with E-state index in [0.29, 0.717) is 0 Å². The van der Waals surface area contributed by atoms with E-state index in [0.717, 1.165) is 66.9 Å². The van der Waals surface area contributed by atoms with Crippen molar-refractivity contribution in [2.45, 2.75) is 0 Å². The van der Waals surface area contributed by atoms with Gasteiger partial charge in [0.05, 0.1) is 22.4 Å². The Labute approximate surface area is 318 Å². The minimum atomic E-state index is 0.870. The molecule has 258 valence electrons. The van der Waals surface area contributed by atoms with Crippen LogP contribution in [0.1, 0.15) is 0 Å². The predicted molar refractivity (Wildman–Crippen MR) is 229 cm³/mol. The zero-order valence-electron chi connectivity index (χ0n) is 29.9. The number of hydrogen-bond donors (Lipinski definition) is 0. The maximum atomic E-state index is 6.50. The van der Waals surface area contributed by atoms with Gasteiger partial charge in [0.15, 0.2) is 0 Å². The first-order valence-electron chi connectivity index (χ1n) is 18.8. The highest BCUT2D eigenvalue weighted by Crippen LogP contribution is 2.51. The molecule has 0 aliphatic heterocycles. The molecule has 0 spiro atoms. The Morgan fingerprint density at radius 1 is 0.291 bits per heavy atom. The minimum Gasteiger partial charge on any atom is -0.456 e. The van der Waals surface area contributed by atoms with Gasteiger partial charge in [-0.3, -0.25) is 0 Å². The van der Waals surface area contributed by atoms with E-state index in [1.807, 2.05) is 12.1 Å². The van der Waals surface area contributed by atoms with Crippen molar-refractivity contribution in [3.63, 3.8) is 0 Å². The second-order valence-corrected chi connectivity index (χ2v) is 14.1. The van der Waals surface area contributed by atoms with E-state index in [-0.39, 0.29) is 0 Å². The van der Waals surface area contributed by atoms with E-state index < -0.39 is 0 Å². The molecule has 0 saturated carbocycles. The quantitative estimate of drug-likeness (QED) is 0.169. The van der Waals surface area contributed by atoms with Gasteiger partial charge in [0, 0.05) is 50.1 Å². The summed E-state index contributed by atoms with van der Waals surface area (Å²) in [7, 11) is 0. The lowest BCUT2D eigenvalue weighted by molar-refractivity contribution is 0.668. The van der Waals surface area contributed by atoms with Gasteiger partial charge in [0.25, 0.3) is 0 Å². The number of benzene rings is 8. The summed E-state index contributed by atoms with van der Waals surface area (Å²) in [6, 6.07) is 73.9. The molecule has 11 aromatic rings. The van der Waals surface area contributed by atoms with Crippen molar-refractivity contribution in [3.8, 4) is 56.1 Å². The average Bonchev–Trinajstić information content (AvgIpc) is 3.92. The van der Waals surface area contributed by atoms with Crippen LogP contribution in [-0.4, -0.2) is 9.13 Å². The Morgan fingerprint density at radius 3 is 1.36 bits per heavy atom. The molecule has 11 rings (SSSR count). The molecule has 3 nitrogen and oxygen atoms in total. The van der Waals surface area contributed by atoms with E-state index >= 15 is 0 Å². The summed E-state index contributed by atoms with van der Waals surface area (Å²) in [6.45, 7) is 0. The third-order valence-electron chi connectivity index (χ3n) is 10.9. The molecule has 0 amide bonds. The minimum absolute atomic E-state index is 0.870. The van der Waals surface area contributed by atoms with Crippen molar-refractivity contribution in [3.05, 3.63) is 206 Å². The van der Waals surface area contributed by atoms with Crippen LogP contribution in [0.3, 0.4) is 0 Å². The van der Waals surface area contributed by atoms with E-state index in [9.17, 15) is 0 Å². The number of furan rings is 1. The summed E-state index contributed by atoms with van der Waals surface area (Å²) in [5, 5.41) is 4.62. The topological polar surface area (TPSA) is 23.0 Å². The standard InChI is InChI=1S/C52H34N2O/c1-4-16-35(17-5-1)36-28-30-38(31-29-36)52-50(44-24-11-14-26-46(44)54(52)40-32-33-42-41-22-12-15-27-47(41)55-48(42)34-40)49-43-23-10-13-25-45(43)53(39-20-8-3-9-21-39)51(49)37-18-6-2-7-19-37/h1-34H. The largest absolute Gasteiger partial charge is 0.456 e. The smallest absolute Gasteiger partial charge is 0.137 e. The fraction of sp³-hybridized carbons (Fsp3) is 0. The van der Waals surface area contributed by atoms with Gasteiger partial charge in [-0.1, -0.05) is 158 Å². The molecule has 3 heteroatoms. The summed E-state index contributed by atoms with van der Waals surface area (Å²) >= 11 is 0. The number of aromatic nitrogens is 2. The maximum Gasteiger partial charge on any atom is 0.137 e. The second kappa shape index (κ2) is 12.6. The molecule has 3 heterocycles. The molecule has 0 aliphatic carbocycles. The van der Waals surface area contributed by atoms with Crippen LogP contribution < -0.4 is 0 Å². The molecule has 0 radical (unpaired) electrons. The van der Waals surface area contributed by atoms with Gasteiger partial charge in [0.2, 0.25) is 0 Å². The summed E-state index contributed by atoms with van der Waals surface area (Å²) in [4.78, 5) is 0. The molecule has 0 bridgehead atoms. The van der Waals surface area contributed by atoms with E-state index in [1.54, 1.807) is 0 Å². The number of para-hydroxylation sites is 4. The molecule has 0 fully saturated rings. The van der Waals surface area contributed by atoms with Crippen molar-refractivity contribution in [2.24, 2.45) is 0 Å². The van der Waals surface area contributed by atoms with E-state index in [2.05, 4.69) is 203 Å². The first-order valence-corrected chi connectivity index (χ1v) is 18.8. The zero-order chi connectivity index (χ0) is 36.3. The van der Waals surface area contributed by atoms with E-state index in [4.69, 9.17) is 4.42 Å². The Hall–Kier alpha value is -7.36. The lowest BCUT2D eigenvalue weighted by Crippen LogP contribution is -1.99. The van der Waals surface area contributed by atoms with Gasteiger partial charge >= 0.3 is 0 Å². The van der Waals surface area contributed by atoms with Gasteiger partial charge in [-0.25, -0.2) is 0 Å². The first kappa shape index (κ1) is 31.2. The number of rotatable bonds is 6. The Kier molecular flexibility index (Phi) is 7.17. The summed E-state index contributed by atoms with van der Waals surface area (Å²) in [6.07, 6.45) is 0. The van der Waals surface area contributed by atoms with Crippen molar-refractivity contribution >= 4 is 43.7 Å². The molecule has 55 heavy (non-hydrogen) atoms. The molecule has 8 aromatic carbocycles. The fourth-order valence-electron chi connectivity index (χ4n) is 8.55. The molecule has 3 aromatic heterocycles. The van der Waals surface area contributed by atoms with Crippen LogP contribution in [0.15, 0.2) is 211 Å². The van der Waals surface area contributed by atoms with Crippen molar-refractivity contribution in [1.82, 2.24) is 9.13 Å². The van der Waals surface area contributed by atoms with E-state index in [1.165, 1.54) is 33.0 Å². The van der Waals surface area contributed by atoms with Gasteiger partial charge in [0.1, 0.15) is 11.2 Å². The van der Waals surface area contributed by atoms with Crippen molar-refractivity contribution in [1.29, 1.82) is 0 Å². The van der Waals surface area contributed by atoms with Gasteiger partial charge in [-0.2, -0.15) is 0 Å². The molecular formula is C52H34N2O. The lowest BCUT2D eigenvalue weighted by Gasteiger charge is -2.16. The maximum absolute atomic E-state index is 6.50. The third kappa shape index (κ3) is 4.98. The molecule has 0 N–H and O–H groups in total. The number of fused-ring (bicyclic) bond motifs is 5. The first-order chi connectivity index (χ1) is 27.3. The highest BCUT2D eigenvalue weighted by atomic mass is 16.3. The van der Waals surface area contributed by atoms with Crippen LogP contribution in [0.5, 0.6) is 0 Å². The zero-order valence-corrected chi connectivity index (χ0v) is 29.9. The van der Waals surface area contributed by atoms with Gasteiger partial charge < -0.3 is 13.6 Å². The lowest BCUT2D eigenvalue weighted by atomic mass is 9.93. The van der Waals surface area contributed by atoms with Gasteiger partial charge in [-0.05, 0) is 64.7 Å². The normalized spacial score (nSPS) is 11.6. The number of hydrogen-bond acceptors (Lipinski definition) is 1. The Bertz CT molecular complexity index is 3170. The molecule has 0 saturated heterocycles. The molecule has 0 atom stereocenters. The van der Waals surface area contributed by atoms with Crippen molar-refractivity contribution < 1.29 is 4.42 Å². The van der Waals surface area contributed by atoms with Crippen molar-refractivity contribution in [2.75, 3.05) is 0 Å². The average molecular weight is 703 g/mol. The SMILES string of the molecule is c1ccc(-c2ccc(-c3c(-c4c(-c5ccccc5)n(-c5ccccc5)c5ccccc45)c4ccccc4n3-c3ccc4c(c3)oc3ccccc34)cc2)cc1.